The van der Waals surface area contributed by atoms with Gasteiger partial charge in [-0.05, 0) is 36.2 Å². The molecule has 5 nitrogen and oxygen atoms in total. The maximum absolute atomic E-state index is 12.9. The summed E-state index contributed by atoms with van der Waals surface area (Å²) in [7, 11) is -3.78. The molecule has 0 saturated carbocycles. The second-order valence-electron chi connectivity index (χ2n) is 4.56. The van der Waals surface area contributed by atoms with Crippen LogP contribution in [0.5, 0.6) is 0 Å². The first-order valence-corrected chi connectivity index (χ1v) is 7.74. The van der Waals surface area contributed by atoms with Crippen molar-refractivity contribution in [1.29, 1.82) is 0 Å². The molecule has 0 fully saturated rings. The van der Waals surface area contributed by atoms with E-state index in [-0.39, 0.29) is 17.5 Å². The molecule has 0 amide bonds. The summed E-state index contributed by atoms with van der Waals surface area (Å²) in [6, 6.07) is 7.88. The third kappa shape index (κ3) is 3.84. The summed E-state index contributed by atoms with van der Waals surface area (Å²) in [6.07, 6.45) is 1.30. The van der Waals surface area contributed by atoms with Crippen molar-refractivity contribution in [3.63, 3.8) is 0 Å². The fraction of sp³-hybridized carbons (Fsp3) is 0.214. The fourth-order valence-electron chi connectivity index (χ4n) is 1.78. The molecule has 1 unspecified atom stereocenters. The number of hydrogen-bond donors (Lipinski definition) is 2. The SMILES string of the molecule is CC(NS(=O)(=O)c1ccc(CO)cn1)c1ccc(F)cc1. The maximum atomic E-state index is 12.9. The highest BCUT2D eigenvalue weighted by Crippen LogP contribution is 2.16. The Morgan fingerprint density at radius 2 is 1.90 bits per heavy atom. The molecular formula is C14H15FN2O3S. The van der Waals surface area contributed by atoms with Crippen LogP contribution < -0.4 is 4.72 Å². The Bertz CT molecular complexity index is 700. The van der Waals surface area contributed by atoms with Crippen LogP contribution in [0.2, 0.25) is 0 Å². The molecule has 2 N–H and O–H groups in total. The first-order valence-electron chi connectivity index (χ1n) is 6.26. The zero-order valence-electron chi connectivity index (χ0n) is 11.3. The number of hydrogen-bond acceptors (Lipinski definition) is 4. The van der Waals surface area contributed by atoms with Gasteiger partial charge < -0.3 is 5.11 Å². The van der Waals surface area contributed by atoms with Crippen molar-refractivity contribution in [3.8, 4) is 0 Å². The van der Waals surface area contributed by atoms with Gasteiger partial charge in [0.2, 0.25) is 0 Å². The molecule has 1 aromatic heterocycles. The monoisotopic (exact) mass is 310 g/mol. The van der Waals surface area contributed by atoms with E-state index in [4.69, 9.17) is 5.11 Å². The number of aliphatic hydroxyl groups excluding tert-OH is 1. The lowest BCUT2D eigenvalue weighted by molar-refractivity contribution is 0.281. The van der Waals surface area contributed by atoms with Crippen molar-refractivity contribution < 1.29 is 17.9 Å². The lowest BCUT2D eigenvalue weighted by atomic mass is 10.1. The van der Waals surface area contributed by atoms with Crippen molar-refractivity contribution >= 4 is 10.0 Å². The highest BCUT2D eigenvalue weighted by atomic mass is 32.2. The fourth-order valence-corrected chi connectivity index (χ4v) is 2.94. The second kappa shape index (κ2) is 6.30. The Hall–Kier alpha value is -1.83. The summed E-state index contributed by atoms with van der Waals surface area (Å²) in [5.74, 6) is -0.380. The molecule has 0 bridgehead atoms. The quantitative estimate of drug-likeness (QED) is 0.882. The molecule has 0 saturated heterocycles. The molecule has 21 heavy (non-hydrogen) atoms. The van der Waals surface area contributed by atoms with E-state index in [0.29, 0.717) is 11.1 Å². The van der Waals surface area contributed by atoms with Crippen LogP contribution in [0.25, 0.3) is 0 Å². The Balaban J connectivity index is 2.17. The summed E-state index contributed by atoms with van der Waals surface area (Å²) >= 11 is 0. The van der Waals surface area contributed by atoms with E-state index in [2.05, 4.69) is 9.71 Å². The zero-order valence-corrected chi connectivity index (χ0v) is 12.1. The lowest BCUT2D eigenvalue weighted by Crippen LogP contribution is -2.27. The molecule has 0 radical (unpaired) electrons. The van der Waals surface area contributed by atoms with Gasteiger partial charge in [-0.15, -0.1) is 0 Å². The van der Waals surface area contributed by atoms with E-state index >= 15 is 0 Å². The Kier molecular flexibility index (Phi) is 4.66. The molecule has 0 aliphatic carbocycles. The predicted molar refractivity (Wildman–Crippen MR) is 75.3 cm³/mol. The molecular weight excluding hydrogens is 295 g/mol. The van der Waals surface area contributed by atoms with Crippen LogP contribution in [0, 0.1) is 5.82 Å². The Morgan fingerprint density at radius 1 is 1.24 bits per heavy atom. The number of nitrogens with one attached hydrogen (secondary N) is 1. The number of sulfonamides is 1. The molecule has 2 aromatic rings. The minimum Gasteiger partial charge on any atom is -0.392 e. The molecule has 1 aromatic carbocycles. The summed E-state index contributed by atoms with van der Waals surface area (Å²) in [6.45, 7) is 1.46. The Morgan fingerprint density at radius 3 is 2.43 bits per heavy atom. The molecule has 1 atom stereocenters. The van der Waals surface area contributed by atoms with Gasteiger partial charge in [-0.3, -0.25) is 0 Å². The summed E-state index contributed by atoms with van der Waals surface area (Å²) in [5, 5.41) is 8.78. The molecule has 1 heterocycles. The first kappa shape index (κ1) is 15.6. The average Bonchev–Trinajstić information content (AvgIpc) is 2.47. The maximum Gasteiger partial charge on any atom is 0.258 e. The summed E-state index contributed by atoms with van der Waals surface area (Å²) in [4.78, 5) is 3.81. The summed E-state index contributed by atoms with van der Waals surface area (Å²) in [5.41, 5.74) is 1.17. The lowest BCUT2D eigenvalue weighted by Gasteiger charge is -2.14. The minimum absolute atomic E-state index is 0.131. The van der Waals surface area contributed by atoms with Gasteiger partial charge in [0.05, 0.1) is 6.61 Å². The van der Waals surface area contributed by atoms with E-state index in [0.717, 1.165) is 0 Å². The third-order valence-electron chi connectivity index (χ3n) is 2.96. The minimum atomic E-state index is -3.78. The van der Waals surface area contributed by atoms with E-state index in [9.17, 15) is 12.8 Å². The second-order valence-corrected chi connectivity index (χ2v) is 6.22. The highest BCUT2D eigenvalue weighted by molar-refractivity contribution is 7.89. The van der Waals surface area contributed by atoms with Gasteiger partial charge in [0.25, 0.3) is 10.0 Å². The standard InChI is InChI=1S/C14H15FN2O3S/c1-10(12-3-5-13(15)6-4-12)17-21(19,20)14-7-2-11(9-18)8-16-14/h2-8,10,17-18H,9H2,1H3. The van der Waals surface area contributed by atoms with Crippen LogP contribution in [-0.2, 0) is 16.6 Å². The van der Waals surface area contributed by atoms with Crippen molar-refractivity contribution in [2.24, 2.45) is 0 Å². The predicted octanol–water partition coefficient (Wildman–Crippen LogP) is 1.75. The van der Waals surface area contributed by atoms with Crippen LogP contribution >= 0.6 is 0 Å². The molecule has 2 rings (SSSR count). The van der Waals surface area contributed by atoms with E-state index in [1.54, 1.807) is 6.92 Å². The van der Waals surface area contributed by atoms with Crippen LogP contribution in [0.3, 0.4) is 0 Å². The number of rotatable bonds is 5. The van der Waals surface area contributed by atoms with Gasteiger partial charge in [0.1, 0.15) is 5.82 Å². The average molecular weight is 310 g/mol. The van der Waals surface area contributed by atoms with Crippen molar-refractivity contribution in [2.75, 3.05) is 0 Å². The molecule has 0 spiro atoms. The van der Waals surface area contributed by atoms with Crippen molar-refractivity contribution in [1.82, 2.24) is 9.71 Å². The van der Waals surface area contributed by atoms with Gasteiger partial charge >= 0.3 is 0 Å². The first-order chi connectivity index (χ1) is 9.92. The van der Waals surface area contributed by atoms with Gasteiger partial charge in [-0.1, -0.05) is 18.2 Å². The molecule has 7 heteroatoms. The topological polar surface area (TPSA) is 79.3 Å². The van der Waals surface area contributed by atoms with Crippen LogP contribution in [0.4, 0.5) is 4.39 Å². The normalized spacial score (nSPS) is 13.1. The van der Waals surface area contributed by atoms with E-state index in [1.807, 2.05) is 0 Å². The molecule has 0 aliphatic rings. The van der Waals surface area contributed by atoms with Crippen LogP contribution in [-0.4, -0.2) is 18.5 Å². The number of halogens is 1. The number of benzene rings is 1. The Labute approximate surface area is 122 Å². The molecule has 0 aliphatic heterocycles. The summed E-state index contributed by atoms with van der Waals surface area (Å²) < 4.78 is 39.7. The van der Waals surface area contributed by atoms with Crippen LogP contribution in [0.15, 0.2) is 47.6 Å². The zero-order chi connectivity index (χ0) is 15.5. The largest absolute Gasteiger partial charge is 0.392 e. The van der Waals surface area contributed by atoms with Crippen molar-refractivity contribution in [2.45, 2.75) is 24.6 Å². The van der Waals surface area contributed by atoms with E-state index < -0.39 is 16.1 Å². The van der Waals surface area contributed by atoms with E-state index in [1.165, 1.54) is 42.6 Å². The smallest absolute Gasteiger partial charge is 0.258 e. The van der Waals surface area contributed by atoms with Gasteiger partial charge in [-0.25, -0.2) is 22.5 Å². The van der Waals surface area contributed by atoms with Gasteiger partial charge in [0, 0.05) is 12.2 Å². The van der Waals surface area contributed by atoms with Gasteiger partial charge in [-0.2, -0.15) is 0 Å². The highest BCUT2D eigenvalue weighted by Gasteiger charge is 2.19. The van der Waals surface area contributed by atoms with Crippen molar-refractivity contribution in [3.05, 3.63) is 59.5 Å². The number of nitrogens with zero attached hydrogens (tertiary/aromatic N) is 1. The van der Waals surface area contributed by atoms with Gasteiger partial charge in [0.15, 0.2) is 5.03 Å². The van der Waals surface area contributed by atoms with Crippen LogP contribution in [0.1, 0.15) is 24.1 Å². The number of aromatic nitrogens is 1. The number of pyridine rings is 1. The third-order valence-corrected chi connectivity index (χ3v) is 4.41. The molecule has 112 valence electrons. The number of aliphatic hydroxyl groups is 1.